The van der Waals surface area contributed by atoms with Gasteiger partial charge < -0.3 is 14.2 Å². The Kier molecular flexibility index (Phi) is 6.01. The van der Waals surface area contributed by atoms with E-state index in [9.17, 15) is 4.79 Å². The predicted molar refractivity (Wildman–Crippen MR) is 63.4 cm³/mol. The molecule has 0 unspecified atom stereocenters. The van der Waals surface area contributed by atoms with E-state index in [1.165, 1.54) is 6.08 Å². The highest BCUT2D eigenvalue weighted by Gasteiger charge is 2.32. The average molecular weight is 293 g/mol. The number of hydrogen-bond acceptors (Lipinski definition) is 4. The summed E-state index contributed by atoms with van der Waals surface area (Å²) in [6.45, 7) is 3.55. The molecule has 1 aliphatic rings. The van der Waals surface area contributed by atoms with Gasteiger partial charge in [0, 0.05) is 12.5 Å². The van der Waals surface area contributed by atoms with Gasteiger partial charge in [0.15, 0.2) is 5.79 Å². The first-order chi connectivity index (χ1) is 7.72. The van der Waals surface area contributed by atoms with Crippen LogP contribution in [0.2, 0.25) is 0 Å². The first-order valence-corrected chi connectivity index (χ1v) is 6.52. The second kappa shape index (κ2) is 7.04. The van der Waals surface area contributed by atoms with E-state index in [1.807, 2.05) is 0 Å². The third kappa shape index (κ3) is 4.23. The van der Waals surface area contributed by atoms with E-state index in [0.29, 0.717) is 31.6 Å². The summed E-state index contributed by atoms with van der Waals surface area (Å²) in [5.74, 6) is -0.954. The minimum atomic E-state index is -0.624. The van der Waals surface area contributed by atoms with E-state index < -0.39 is 5.79 Å². The van der Waals surface area contributed by atoms with Crippen molar-refractivity contribution in [1.82, 2.24) is 0 Å². The molecule has 1 aliphatic heterocycles. The van der Waals surface area contributed by atoms with Gasteiger partial charge in [0.05, 0.1) is 25.2 Å². The van der Waals surface area contributed by atoms with Crippen LogP contribution in [0.25, 0.3) is 0 Å². The zero-order chi connectivity index (χ0) is 11.9. The third-order valence-electron chi connectivity index (χ3n) is 2.19. The standard InChI is InChI=1S/C11H17BrO4/c1-2-14-10(13)5-3-6-11(9-12)15-7-4-8-16-11/h3,5H,2,4,6-9H2,1H3/b5-3+. The summed E-state index contributed by atoms with van der Waals surface area (Å²) >= 11 is 3.37. The smallest absolute Gasteiger partial charge is 0.330 e. The van der Waals surface area contributed by atoms with Gasteiger partial charge in [-0.2, -0.15) is 0 Å². The molecule has 4 nitrogen and oxygen atoms in total. The number of rotatable bonds is 5. The van der Waals surface area contributed by atoms with Crippen molar-refractivity contribution in [2.45, 2.75) is 25.6 Å². The fraction of sp³-hybridized carbons (Fsp3) is 0.727. The van der Waals surface area contributed by atoms with Crippen molar-refractivity contribution in [2.24, 2.45) is 0 Å². The predicted octanol–water partition coefficient (Wildman–Crippen LogP) is 2.02. The van der Waals surface area contributed by atoms with Gasteiger partial charge in [0.1, 0.15) is 0 Å². The highest BCUT2D eigenvalue weighted by atomic mass is 79.9. The van der Waals surface area contributed by atoms with Crippen molar-refractivity contribution in [3.63, 3.8) is 0 Å². The highest BCUT2D eigenvalue weighted by molar-refractivity contribution is 9.09. The molecular weight excluding hydrogens is 276 g/mol. The molecule has 1 fully saturated rings. The second-order valence-electron chi connectivity index (χ2n) is 3.45. The quantitative estimate of drug-likeness (QED) is 0.442. The molecule has 0 aromatic carbocycles. The van der Waals surface area contributed by atoms with E-state index in [1.54, 1.807) is 13.0 Å². The zero-order valence-electron chi connectivity index (χ0n) is 9.41. The molecule has 0 aromatic rings. The Balaban J connectivity index is 2.41. The molecule has 5 heteroatoms. The van der Waals surface area contributed by atoms with E-state index in [4.69, 9.17) is 14.2 Å². The number of carbonyl (C=O) groups excluding carboxylic acids is 1. The average Bonchev–Trinajstić information content (AvgIpc) is 2.31. The molecule has 0 amide bonds. The maximum atomic E-state index is 11.1. The topological polar surface area (TPSA) is 44.8 Å². The maximum absolute atomic E-state index is 11.1. The first kappa shape index (κ1) is 13.7. The van der Waals surface area contributed by atoms with Gasteiger partial charge in [-0.1, -0.05) is 22.0 Å². The van der Waals surface area contributed by atoms with Crippen LogP contribution in [0.15, 0.2) is 12.2 Å². The largest absolute Gasteiger partial charge is 0.463 e. The van der Waals surface area contributed by atoms with Crippen LogP contribution in [0, 0.1) is 0 Å². The SMILES string of the molecule is CCOC(=O)/C=C/CC1(CBr)OCCCO1. The van der Waals surface area contributed by atoms with Crippen LogP contribution >= 0.6 is 15.9 Å². The lowest BCUT2D eigenvalue weighted by Gasteiger charge is -2.34. The molecule has 0 saturated carbocycles. The van der Waals surface area contributed by atoms with Gasteiger partial charge in [-0.15, -0.1) is 0 Å². The summed E-state index contributed by atoms with van der Waals surface area (Å²) in [4.78, 5) is 11.1. The lowest BCUT2D eigenvalue weighted by molar-refractivity contribution is -0.249. The number of carbonyl (C=O) groups is 1. The molecule has 16 heavy (non-hydrogen) atoms. The Morgan fingerprint density at radius 1 is 1.50 bits per heavy atom. The van der Waals surface area contributed by atoms with Crippen LogP contribution in [-0.4, -0.2) is 36.9 Å². The summed E-state index contributed by atoms with van der Waals surface area (Å²) < 4.78 is 15.9. The van der Waals surface area contributed by atoms with Gasteiger partial charge in [-0.3, -0.25) is 0 Å². The summed E-state index contributed by atoms with van der Waals surface area (Å²) in [6.07, 6.45) is 4.59. The van der Waals surface area contributed by atoms with Crippen molar-refractivity contribution in [3.05, 3.63) is 12.2 Å². The number of halogens is 1. The molecule has 0 spiro atoms. The van der Waals surface area contributed by atoms with Crippen molar-refractivity contribution < 1.29 is 19.0 Å². The molecule has 1 heterocycles. The third-order valence-corrected chi connectivity index (χ3v) is 3.05. The molecule has 0 aromatic heterocycles. The van der Waals surface area contributed by atoms with Crippen LogP contribution in [-0.2, 0) is 19.0 Å². The van der Waals surface area contributed by atoms with Crippen molar-refractivity contribution in [1.29, 1.82) is 0 Å². The molecular formula is C11H17BrO4. The molecule has 0 aliphatic carbocycles. The molecule has 1 saturated heterocycles. The van der Waals surface area contributed by atoms with Gasteiger partial charge in [-0.05, 0) is 13.3 Å². The summed E-state index contributed by atoms with van der Waals surface area (Å²) in [6, 6.07) is 0. The Morgan fingerprint density at radius 3 is 2.75 bits per heavy atom. The highest BCUT2D eigenvalue weighted by Crippen LogP contribution is 2.25. The normalized spacial score (nSPS) is 19.9. The molecule has 1 rings (SSSR count). The minimum Gasteiger partial charge on any atom is -0.463 e. The molecule has 0 atom stereocenters. The van der Waals surface area contributed by atoms with Crippen LogP contribution in [0.4, 0.5) is 0 Å². The monoisotopic (exact) mass is 292 g/mol. The molecule has 0 bridgehead atoms. The summed E-state index contributed by atoms with van der Waals surface area (Å²) in [7, 11) is 0. The van der Waals surface area contributed by atoms with E-state index >= 15 is 0 Å². The number of alkyl halides is 1. The first-order valence-electron chi connectivity index (χ1n) is 5.39. The van der Waals surface area contributed by atoms with E-state index in [2.05, 4.69) is 15.9 Å². The van der Waals surface area contributed by atoms with Crippen molar-refractivity contribution in [2.75, 3.05) is 25.2 Å². The summed E-state index contributed by atoms with van der Waals surface area (Å²) in [5.41, 5.74) is 0. The van der Waals surface area contributed by atoms with Crippen molar-refractivity contribution >= 4 is 21.9 Å². The fourth-order valence-corrected chi connectivity index (χ4v) is 1.94. The van der Waals surface area contributed by atoms with E-state index in [-0.39, 0.29) is 5.97 Å². The Morgan fingerprint density at radius 2 is 2.19 bits per heavy atom. The van der Waals surface area contributed by atoms with Crippen LogP contribution in [0.5, 0.6) is 0 Å². The van der Waals surface area contributed by atoms with Gasteiger partial charge in [0.2, 0.25) is 0 Å². The van der Waals surface area contributed by atoms with Gasteiger partial charge in [0.25, 0.3) is 0 Å². The molecule has 0 radical (unpaired) electrons. The molecule has 92 valence electrons. The minimum absolute atomic E-state index is 0.331. The maximum Gasteiger partial charge on any atom is 0.330 e. The van der Waals surface area contributed by atoms with Crippen LogP contribution in [0.1, 0.15) is 19.8 Å². The number of esters is 1. The Bertz CT molecular complexity index is 246. The fourth-order valence-electron chi connectivity index (χ4n) is 1.39. The Labute approximate surface area is 104 Å². The van der Waals surface area contributed by atoms with Gasteiger partial charge >= 0.3 is 5.97 Å². The lowest BCUT2D eigenvalue weighted by atomic mass is 10.2. The van der Waals surface area contributed by atoms with E-state index in [0.717, 1.165) is 6.42 Å². The molecule has 0 N–H and O–H groups in total. The summed E-state index contributed by atoms with van der Waals surface area (Å²) in [5, 5.41) is 0.590. The zero-order valence-corrected chi connectivity index (χ0v) is 11.0. The number of hydrogen-bond donors (Lipinski definition) is 0. The Hall–Kier alpha value is -0.390. The van der Waals surface area contributed by atoms with Gasteiger partial charge in [-0.25, -0.2) is 4.79 Å². The van der Waals surface area contributed by atoms with Crippen molar-refractivity contribution in [3.8, 4) is 0 Å². The number of ether oxygens (including phenoxy) is 3. The lowest BCUT2D eigenvalue weighted by Crippen LogP contribution is -2.41. The van der Waals surface area contributed by atoms with Crippen LogP contribution in [0.3, 0.4) is 0 Å². The van der Waals surface area contributed by atoms with Crippen LogP contribution < -0.4 is 0 Å². The second-order valence-corrected chi connectivity index (χ2v) is 4.01.